The molecule has 2 nitrogen and oxygen atoms in total. The number of anilines is 1. The third-order valence-corrected chi connectivity index (χ3v) is 7.35. The molecule has 0 radical (unpaired) electrons. The highest BCUT2D eigenvalue weighted by atomic mass is 32.2. The average Bonchev–Trinajstić information content (AvgIpc) is 3.32. The van der Waals surface area contributed by atoms with Gasteiger partial charge in [0, 0.05) is 30.0 Å². The zero-order valence-corrected chi connectivity index (χ0v) is 19.8. The molecule has 4 heteroatoms. The first-order chi connectivity index (χ1) is 15.3. The molecule has 0 N–H and O–H groups in total. The van der Waals surface area contributed by atoms with E-state index in [9.17, 15) is 0 Å². The lowest BCUT2D eigenvalue weighted by molar-refractivity contribution is -0.668. The zero-order chi connectivity index (χ0) is 21.5. The van der Waals surface area contributed by atoms with Crippen molar-refractivity contribution in [3.8, 4) is 0 Å². The van der Waals surface area contributed by atoms with Crippen LogP contribution in [-0.4, -0.2) is 6.54 Å². The first kappa shape index (κ1) is 21.7. The smallest absolute Gasteiger partial charge is 0.262 e. The Bertz CT molecular complexity index is 1150. The Balaban J connectivity index is 1.42. The van der Waals surface area contributed by atoms with Gasteiger partial charge in [-0.05, 0) is 30.7 Å². The van der Waals surface area contributed by atoms with Crippen LogP contribution in [0.2, 0.25) is 0 Å². The first-order valence-electron chi connectivity index (χ1n) is 11.0. The number of thioether (sulfide) groups is 1. The summed E-state index contributed by atoms with van der Waals surface area (Å²) in [6, 6.07) is 17.3. The average molecular weight is 446 g/mol. The van der Waals surface area contributed by atoms with Crippen molar-refractivity contribution in [3.05, 3.63) is 95.0 Å². The van der Waals surface area contributed by atoms with Gasteiger partial charge in [0.15, 0.2) is 0 Å². The summed E-state index contributed by atoms with van der Waals surface area (Å²) in [5, 5.41) is 2.60. The molecule has 1 aliphatic heterocycles. The molecule has 0 fully saturated rings. The molecule has 0 saturated carbocycles. The molecule has 31 heavy (non-hydrogen) atoms. The molecule has 2 heterocycles. The molecule has 1 aromatic heterocycles. The molecule has 0 spiro atoms. The van der Waals surface area contributed by atoms with Crippen molar-refractivity contribution in [3.63, 3.8) is 0 Å². The fourth-order valence-electron chi connectivity index (χ4n) is 3.73. The Morgan fingerprint density at radius 3 is 2.52 bits per heavy atom. The summed E-state index contributed by atoms with van der Waals surface area (Å²) in [4.78, 5) is 3.76. The van der Waals surface area contributed by atoms with Crippen molar-refractivity contribution in [2.75, 3.05) is 11.4 Å². The highest BCUT2D eigenvalue weighted by molar-refractivity contribution is 8.03. The van der Waals surface area contributed by atoms with Crippen LogP contribution in [0.25, 0.3) is 16.3 Å². The van der Waals surface area contributed by atoms with E-state index in [1.165, 1.54) is 30.8 Å². The van der Waals surface area contributed by atoms with Crippen LogP contribution in [0.3, 0.4) is 0 Å². The van der Waals surface area contributed by atoms with E-state index < -0.39 is 0 Å². The van der Waals surface area contributed by atoms with E-state index in [4.69, 9.17) is 0 Å². The number of benzene rings is 2. The Morgan fingerprint density at radius 2 is 1.65 bits per heavy atom. The molecule has 2 aromatic carbocycles. The van der Waals surface area contributed by atoms with Crippen LogP contribution in [0.1, 0.15) is 31.7 Å². The Morgan fingerprint density at radius 1 is 0.871 bits per heavy atom. The highest BCUT2D eigenvalue weighted by Gasteiger charge is 2.23. The van der Waals surface area contributed by atoms with Crippen molar-refractivity contribution >= 4 is 45.1 Å². The van der Waals surface area contributed by atoms with E-state index in [0.717, 1.165) is 25.9 Å². The topological polar surface area (TPSA) is 7.12 Å². The van der Waals surface area contributed by atoms with Gasteiger partial charge in [0.25, 0.3) is 5.01 Å². The van der Waals surface area contributed by atoms with Gasteiger partial charge < -0.3 is 4.90 Å². The second kappa shape index (κ2) is 10.7. The van der Waals surface area contributed by atoms with Gasteiger partial charge in [0.2, 0.25) is 5.52 Å². The standard InChI is InChI=1S/C27H29N2S2/c1-3-20-28-22-14-10-12-16-24(22)30-26(28)18-8-6-5-7-9-19-27-29(21-4-2)23-15-11-13-17-25(23)31-27/h5-19H,3-4,20-21H2,1-2H3/q+1. The van der Waals surface area contributed by atoms with Crippen molar-refractivity contribution in [2.24, 2.45) is 0 Å². The largest absolute Gasteiger partial charge is 0.335 e. The second-order valence-electron chi connectivity index (χ2n) is 7.41. The highest BCUT2D eigenvalue weighted by Crippen LogP contribution is 2.45. The molecule has 0 amide bonds. The fraction of sp³-hybridized carbons (Fsp3) is 0.222. The zero-order valence-electron chi connectivity index (χ0n) is 18.2. The van der Waals surface area contributed by atoms with Gasteiger partial charge in [-0.3, -0.25) is 0 Å². The van der Waals surface area contributed by atoms with Crippen LogP contribution < -0.4 is 9.47 Å². The molecule has 3 aromatic rings. The summed E-state index contributed by atoms with van der Waals surface area (Å²) in [6.07, 6.45) is 17.3. The third-order valence-electron chi connectivity index (χ3n) is 5.09. The van der Waals surface area contributed by atoms with Crippen molar-refractivity contribution in [2.45, 2.75) is 38.1 Å². The molecule has 158 valence electrons. The SMILES string of the molecule is CCCN1C(=CC=CC=CC=Cc2sc3ccccc3[n+]2CCC)Sc2ccccc21. The minimum Gasteiger partial charge on any atom is -0.335 e. The van der Waals surface area contributed by atoms with Crippen LogP contribution in [-0.2, 0) is 6.54 Å². The van der Waals surface area contributed by atoms with E-state index in [-0.39, 0.29) is 0 Å². The number of para-hydroxylation sites is 2. The predicted molar refractivity (Wildman–Crippen MR) is 138 cm³/mol. The number of aryl methyl sites for hydroxylation is 1. The number of rotatable bonds is 8. The monoisotopic (exact) mass is 445 g/mol. The van der Waals surface area contributed by atoms with E-state index >= 15 is 0 Å². The van der Waals surface area contributed by atoms with Crippen molar-refractivity contribution in [1.29, 1.82) is 0 Å². The summed E-state index contributed by atoms with van der Waals surface area (Å²) in [5.41, 5.74) is 2.66. The lowest BCUT2D eigenvalue weighted by atomic mass is 10.3. The second-order valence-corrected chi connectivity index (χ2v) is 9.54. The van der Waals surface area contributed by atoms with Gasteiger partial charge >= 0.3 is 0 Å². The number of hydrogen-bond acceptors (Lipinski definition) is 3. The number of fused-ring (bicyclic) bond motifs is 2. The van der Waals surface area contributed by atoms with Crippen molar-refractivity contribution < 1.29 is 4.57 Å². The molecule has 0 unspecified atom stereocenters. The maximum absolute atomic E-state index is 2.42. The lowest BCUT2D eigenvalue weighted by Gasteiger charge is -2.19. The van der Waals surface area contributed by atoms with Crippen molar-refractivity contribution in [1.82, 2.24) is 0 Å². The van der Waals surface area contributed by atoms with Crippen LogP contribution in [0.4, 0.5) is 5.69 Å². The van der Waals surface area contributed by atoms with E-state index in [1.54, 1.807) is 0 Å². The van der Waals surface area contributed by atoms with Gasteiger partial charge in [-0.2, -0.15) is 4.57 Å². The molecule has 4 rings (SSSR count). The molecule has 0 bridgehead atoms. The molecular weight excluding hydrogens is 416 g/mol. The van der Waals surface area contributed by atoms with Gasteiger partial charge in [0.1, 0.15) is 11.2 Å². The Kier molecular flexibility index (Phi) is 7.44. The van der Waals surface area contributed by atoms with Gasteiger partial charge in [-0.15, -0.1) is 0 Å². The first-order valence-corrected chi connectivity index (χ1v) is 12.6. The number of allylic oxidation sites excluding steroid dienone is 6. The van der Waals surface area contributed by atoms with E-state index in [1.807, 2.05) is 23.1 Å². The minimum atomic E-state index is 1.05. The van der Waals surface area contributed by atoms with Gasteiger partial charge in [-0.25, -0.2) is 0 Å². The number of hydrogen-bond donors (Lipinski definition) is 0. The van der Waals surface area contributed by atoms with Gasteiger partial charge in [-0.1, -0.05) is 91.6 Å². The molecular formula is C27H29N2S2+. The van der Waals surface area contributed by atoms with Crippen LogP contribution in [0, 0.1) is 0 Å². The Hall–Kier alpha value is -2.56. The summed E-state index contributed by atoms with van der Waals surface area (Å²) >= 11 is 3.71. The van der Waals surface area contributed by atoms with Crippen LogP contribution in [0.5, 0.6) is 0 Å². The number of aromatic nitrogens is 1. The lowest BCUT2D eigenvalue weighted by Crippen LogP contribution is -2.34. The van der Waals surface area contributed by atoms with Gasteiger partial charge in [0.05, 0.1) is 10.7 Å². The minimum absolute atomic E-state index is 1.05. The fourth-order valence-corrected chi connectivity index (χ4v) is 5.93. The van der Waals surface area contributed by atoms with Crippen LogP contribution >= 0.6 is 23.1 Å². The molecule has 0 saturated heterocycles. The summed E-state index contributed by atoms with van der Waals surface area (Å²) in [7, 11) is 0. The number of thiazole rings is 1. The predicted octanol–water partition coefficient (Wildman–Crippen LogP) is 7.59. The number of nitrogens with zero attached hydrogens (tertiary/aromatic N) is 2. The molecule has 0 atom stereocenters. The molecule has 0 aliphatic carbocycles. The van der Waals surface area contributed by atoms with E-state index in [2.05, 4.69) is 114 Å². The quantitative estimate of drug-likeness (QED) is 0.260. The van der Waals surface area contributed by atoms with Crippen LogP contribution in [0.15, 0.2) is 94.9 Å². The summed E-state index contributed by atoms with van der Waals surface area (Å²) < 4.78 is 3.76. The maximum atomic E-state index is 2.42. The van der Waals surface area contributed by atoms with E-state index in [0.29, 0.717) is 0 Å². The summed E-state index contributed by atoms with van der Waals surface area (Å²) in [5.74, 6) is 0. The normalized spacial score (nSPS) is 15.4. The summed E-state index contributed by atoms with van der Waals surface area (Å²) in [6.45, 7) is 6.56. The molecule has 1 aliphatic rings. The Labute approximate surface area is 193 Å². The maximum Gasteiger partial charge on any atom is 0.262 e. The third kappa shape index (κ3) is 5.03.